The van der Waals surface area contributed by atoms with Gasteiger partial charge >= 0.3 is 0 Å². The van der Waals surface area contributed by atoms with Gasteiger partial charge in [-0.25, -0.2) is 4.39 Å². The molecule has 0 radical (unpaired) electrons. The van der Waals surface area contributed by atoms with Crippen molar-refractivity contribution in [2.24, 2.45) is 5.10 Å². The molecule has 0 unspecified atom stereocenters. The summed E-state index contributed by atoms with van der Waals surface area (Å²) in [6.07, 6.45) is 0. The second-order valence-electron chi connectivity index (χ2n) is 2.81. The van der Waals surface area contributed by atoms with Gasteiger partial charge in [0.25, 0.3) is 0 Å². The summed E-state index contributed by atoms with van der Waals surface area (Å²) in [5, 5.41) is 29.1. The fraction of sp³-hybridized carbons (Fsp3) is 0. The Morgan fingerprint density at radius 1 is 1.39 bits per heavy atom. The van der Waals surface area contributed by atoms with Gasteiger partial charge in [-0.05, 0) is 28.7 Å². The first kappa shape index (κ1) is 14.2. The van der Waals surface area contributed by atoms with E-state index in [1.165, 1.54) is 18.2 Å². The molecule has 0 aliphatic rings. The topological polar surface area (TPSA) is 95.8 Å². The van der Waals surface area contributed by atoms with Crippen molar-refractivity contribution >= 4 is 45.6 Å². The lowest BCUT2D eigenvalue weighted by atomic mass is 10.2. The average molecular weight is 374 g/mol. The minimum Gasteiger partial charge on any atom is -0.274 e. The molecule has 5 nitrogen and oxygen atoms in total. The van der Waals surface area contributed by atoms with Crippen LogP contribution in [0.15, 0.2) is 11.2 Å². The second kappa shape index (κ2) is 6.15. The second-order valence-corrected chi connectivity index (χ2v) is 4.38. The van der Waals surface area contributed by atoms with Gasteiger partial charge in [0.15, 0.2) is 5.82 Å². The van der Waals surface area contributed by atoms with Gasteiger partial charge in [-0.15, -0.1) is 0 Å². The molecule has 1 N–H and O–H groups in total. The van der Waals surface area contributed by atoms with E-state index in [1.54, 1.807) is 6.07 Å². The SMILES string of the molecule is N#CC(C#N)=NNc1c(I)cc(Cl)c(F)c1C#N. The maximum absolute atomic E-state index is 13.6. The number of halogens is 3. The number of hydrogen-bond acceptors (Lipinski definition) is 5. The highest BCUT2D eigenvalue weighted by molar-refractivity contribution is 14.1. The molecule has 0 atom stereocenters. The van der Waals surface area contributed by atoms with E-state index in [1.807, 2.05) is 22.6 Å². The van der Waals surface area contributed by atoms with E-state index in [9.17, 15) is 4.39 Å². The standard InChI is InChI=1S/C10H2ClFIN5/c11-7-1-8(13)10(6(4-16)9(7)12)18-17-5(2-14)3-15/h1,18H. The normalized spacial score (nSPS) is 8.67. The minimum atomic E-state index is -0.882. The fourth-order valence-corrected chi connectivity index (χ4v) is 2.09. The van der Waals surface area contributed by atoms with E-state index in [2.05, 4.69) is 10.5 Å². The average Bonchev–Trinajstić information content (AvgIpc) is 2.36. The third-order valence-electron chi connectivity index (χ3n) is 1.77. The van der Waals surface area contributed by atoms with E-state index >= 15 is 0 Å². The molecule has 8 heteroatoms. The van der Waals surface area contributed by atoms with Gasteiger partial charge in [-0.2, -0.15) is 20.9 Å². The molecule has 1 rings (SSSR count). The van der Waals surface area contributed by atoms with Crippen molar-refractivity contribution in [3.05, 3.63) is 26.0 Å². The summed E-state index contributed by atoms with van der Waals surface area (Å²) < 4.78 is 14.0. The van der Waals surface area contributed by atoms with Gasteiger partial charge in [-0.3, -0.25) is 5.43 Å². The molecule has 1 aromatic rings. The Kier molecular flexibility index (Phi) is 4.85. The molecule has 1 aromatic carbocycles. The van der Waals surface area contributed by atoms with Crippen molar-refractivity contribution in [2.75, 3.05) is 5.43 Å². The number of nitrogens with zero attached hydrogens (tertiary/aromatic N) is 4. The number of hydrazone groups is 1. The lowest BCUT2D eigenvalue weighted by Crippen LogP contribution is -2.02. The van der Waals surface area contributed by atoms with Crippen LogP contribution in [0.3, 0.4) is 0 Å². The van der Waals surface area contributed by atoms with Crippen molar-refractivity contribution in [3.8, 4) is 18.2 Å². The van der Waals surface area contributed by atoms with Crippen LogP contribution in [0.4, 0.5) is 10.1 Å². The molecule has 0 saturated heterocycles. The Morgan fingerprint density at radius 2 is 2.00 bits per heavy atom. The van der Waals surface area contributed by atoms with Gasteiger partial charge in [-0.1, -0.05) is 11.6 Å². The predicted octanol–water partition coefficient (Wildman–Crippen LogP) is 2.77. The highest BCUT2D eigenvalue weighted by Crippen LogP contribution is 2.30. The first-order chi connectivity index (χ1) is 8.54. The van der Waals surface area contributed by atoms with Crippen molar-refractivity contribution < 1.29 is 4.39 Å². The van der Waals surface area contributed by atoms with Gasteiger partial charge in [0.2, 0.25) is 5.71 Å². The van der Waals surface area contributed by atoms with Crippen LogP contribution in [-0.4, -0.2) is 5.71 Å². The predicted molar refractivity (Wildman–Crippen MR) is 71.1 cm³/mol. The number of anilines is 1. The van der Waals surface area contributed by atoms with Crippen molar-refractivity contribution in [1.29, 1.82) is 15.8 Å². The molecule has 88 valence electrons. The van der Waals surface area contributed by atoms with Gasteiger partial charge in [0.1, 0.15) is 23.8 Å². The quantitative estimate of drug-likeness (QED) is 0.373. The summed E-state index contributed by atoms with van der Waals surface area (Å²) in [6.45, 7) is 0. The third kappa shape index (κ3) is 2.86. The van der Waals surface area contributed by atoms with Crippen LogP contribution in [0.5, 0.6) is 0 Å². The Balaban J connectivity index is 3.32. The highest BCUT2D eigenvalue weighted by atomic mass is 127. The van der Waals surface area contributed by atoms with Crippen LogP contribution in [0.1, 0.15) is 5.56 Å². The van der Waals surface area contributed by atoms with Crippen molar-refractivity contribution in [1.82, 2.24) is 0 Å². The molecular formula is C10H2ClFIN5. The van der Waals surface area contributed by atoms with E-state index < -0.39 is 11.5 Å². The van der Waals surface area contributed by atoms with Crippen LogP contribution >= 0.6 is 34.2 Å². The Morgan fingerprint density at radius 3 is 2.50 bits per heavy atom. The highest BCUT2D eigenvalue weighted by Gasteiger charge is 2.16. The first-order valence-corrected chi connectivity index (χ1v) is 5.72. The molecule has 0 aliphatic carbocycles. The zero-order valence-corrected chi connectivity index (χ0v) is 11.4. The maximum atomic E-state index is 13.6. The van der Waals surface area contributed by atoms with E-state index in [0.29, 0.717) is 3.57 Å². The molecule has 0 amide bonds. The largest absolute Gasteiger partial charge is 0.274 e. The summed E-state index contributed by atoms with van der Waals surface area (Å²) in [4.78, 5) is 0. The third-order valence-corrected chi connectivity index (χ3v) is 2.90. The zero-order valence-electron chi connectivity index (χ0n) is 8.50. The van der Waals surface area contributed by atoms with Crippen LogP contribution < -0.4 is 5.43 Å². The molecular weight excluding hydrogens is 372 g/mol. The number of nitriles is 3. The van der Waals surface area contributed by atoms with Gasteiger partial charge in [0.05, 0.1) is 10.7 Å². The fourth-order valence-electron chi connectivity index (χ4n) is 0.996. The smallest absolute Gasteiger partial charge is 0.237 e. The van der Waals surface area contributed by atoms with E-state index in [4.69, 9.17) is 27.4 Å². The molecule has 18 heavy (non-hydrogen) atoms. The molecule has 0 fully saturated rings. The van der Waals surface area contributed by atoms with Crippen LogP contribution in [0.2, 0.25) is 5.02 Å². The van der Waals surface area contributed by atoms with E-state index in [-0.39, 0.29) is 16.3 Å². The number of benzene rings is 1. The monoisotopic (exact) mass is 373 g/mol. The molecule has 0 heterocycles. The summed E-state index contributed by atoms with van der Waals surface area (Å²) in [7, 11) is 0. The minimum absolute atomic E-state index is 0.0583. The van der Waals surface area contributed by atoms with Crippen molar-refractivity contribution in [3.63, 3.8) is 0 Å². The lowest BCUT2D eigenvalue weighted by molar-refractivity contribution is 0.624. The maximum Gasteiger partial charge on any atom is 0.237 e. The Bertz CT molecular complexity index is 634. The Labute approximate surface area is 120 Å². The summed E-state index contributed by atoms with van der Waals surface area (Å²) in [5.41, 5.74) is 1.61. The molecule has 0 saturated carbocycles. The molecule has 0 spiro atoms. The summed E-state index contributed by atoms with van der Waals surface area (Å²) in [5.74, 6) is -0.882. The lowest BCUT2D eigenvalue weighted by Gasteiger charge is -2.07. The van der Waals surface area contributed by atoms with Crippen molar-refractivity contribution in [2.45, 2.75) is 0 Å². The summed E-state index contributed by atoms with van der Waals surface area (Å²) in [6, 6.07) is 6.00. The number of rotatable bonds is 2. The van der Waals surface area contributed by atoms with E-state index in [0.717, 1.165) is 0 Å². The van der Waals surface area contributed by atoms with Crippen LogP contribution in [-0.2, 0) is 0 Å². The van der Waals surface area contributed by atoms with Gasteiger partial charge < -0.3 is 0 Å². The molecule has 0 aliphatic heterocycles. The number of nitrogens with one attached hydrogen (secondary N) is 1. The summed E-state index contributed by atoms with van der Waals surface area (Å²) >= 11 is 7.41. The van der Waals surface area contributed by atoms with Crippen LogP contribution in [0, 0.1) is 43.4 Å². The zero-order chi connectivity index (χ0) is 13.7. The first-order valence-electron chi connectivity index (χ1n) is 4.26. The Hall–Kier alpha value is -1.89. The van der Waals surface area contributed by atoms with Gasteiger partial charge in [0, 0.05) is 3.57 Å². The number of hydrogen-bond donors (Lipinski definition) is 1. The van der Waals surface area contributed by atoms with Crippen LogP contribution in [0.25, 0.3) is 0 Å². The molecule has 0 aromatic heterocycles. The molecule has 0 bridgehead atoms.